The Kier molecular flexibility index (Phi) is 7.86. The van der Waals surface area contributed by atoms with Gasteiger partial charge >= 0.3 is 0 Å². The van der Waals surface area contributed by atoms with Crippen LogP contribution in [0.15, 0.2) is 78.9 Å². The Bertz CT molecular complexity index is 1600. The maximum absolute atomic E-state index is 13.6. The molecule has 4 aromatic rings. The van der Waals surface area contributed by atoms with E-state index in [2.05, 4.69) is 0 Å². The van der Waals surface area contributed by atoms with Crippen LogP contribution in [0.3, 0.4) is 0 Å². The first-order valence-electron chi connectivity index (χ1n) is 14.4. The van der Waals surface area contributed by atoms with Gasteiger partial charge in [0.25, 0.3) is 0 Å². The standard InChI is InChI=1S/C35H34O8/c1-41-32-19-28(39)33(35-34(32)29(40)18-31(43-35)22-7-13-26(38)14-8-22)23-16-27(15-4-20-2-9-24(36)10-3-20)42-30(17-23)21-5-11-25(37)12-6-21/h2-3,5-14,19,23,27,30-31,36-39H,4,15-18H2,1H3/t23-,27-,30-,31+/m0/s1. The zero-order valence-corrected chi connectivity index (χ0v) is 23.8. The molecule has 8 nitrogen and oxygen atoms in total. The molecule has 0 radical (unpaired) electrons. The molecule has 0 bridgehead atoms. The fraction of sp³-hybridized carbons (Fsp3) is 0.286. The molecule has 6 rings (SSSR count). The highest BCUT2D eigenvalue weighted by Gasteiger charge is 2.40. The van der Waals surface area contributed by atoms with E-state index < -0.39 is 6.10 Å². The van der Waals surface area contributed by atoms with Gasteiger partial charge in [0.2, 0.25) is 0 Å². The Morgan fingerprint density at radius 2 is 1.37 bits per heavy atom. The molecule has 0 amide bonds. The lowest BCUT2D eigenvalue weighted by Crippen LogP contribution is -2.29. The summed E-state index contributed by atoms with van der Waals surface area (Å²) in [7, 11) is 1.46. The first kappa shape index (κ1) is 28.4. The van der Waals surface area contributed by atoms with Crippen molar-refractivity contribution in [2.24, 2.45) is 0 Å². The highest BCUT2D eigenvalue weighted by molar-refractivity contribution is 6.03. The molecule has 2 heterocycles. The van der Waals surface area contributed by atoms with Crippen molar-refractivity contribution in [2.75, 3.05) is 7.11 Å². The SMILES string of the molecule is COc1cc(O)c([C@H]2C[C@H](CCc3ccc(O)cc3)O[C@H](c3ccc(O)cc3)C2)c2c1C(=O)C[C@H](c1ccc(O)cc1)O2. The molecule has 0 aliphatic carbocycles. The normalized spacial score (nSPS) is 21.6. The predicted molar refractivity (Wildman–Crippen MR) is 159 cm³/mol. The van der Waals surface area contributed by atoms with Gasteiger partial charge < -0.3 is 34.6 Å². The molecule has 2 aliphatic rings. The molecule has 0 saturated carbocycles. The average molecular weight is 583 g/mol. The smallest absolute Gasteiger partial charge is 0.174 e. The number of hydrogen-bond donors (Lipinski definition) is 4. The van der Waals surface area contributed by atoms with Crippen LogP contribution in [-0.4, -0.2) is 39.4 Å². The third-order valence-electron chi connectivity index (χ3n) is 8.42. The van der Waals surface area contributed by atoms with E-state index in [-0.39, 0.29) is 59.1 Å². The summed E-state index contributed by atoms with van der Waals surface area (Å²) in [5.74, 6) is 0.692. The number of Topliss-reactive ketones (excluding diaryl/α,β-unsaturated/α-hetero) is 1. The summed E-state index contributed by atoms with van der Waals surface area (Å²) in [6.07, 6.45) is 1.52. The van der Waals surface area contributed by atoms with Crippen molar-refractivity contribution in [1.82, 2.24) is 0 Å². The van der Waals surface area contributed by atoms with Crippen LogP contribution in [0.1, 0.15) is 76.4 Å². The first-order chi connectivity index (χ1) is 20.8. The zero-order valence-electron chi connectivity index (χ0n) is 23.8. The summed E-state index contributed by atoms with van der Waals surface area (Å²) < 4.78 is 18.6. The maximum Gasteiger partial charge on any atom is 0.174 e. The summed E-state index contributed by atoms with van der Waals surface area (Å²) in [5.41, 5.74) is 3.58. The number of ketones is 1. The van der Waals surface area contributed by atoms with Crippen LogP contribution in [-0.2, 0) is 11.2 Å². The summed E-state index contributed by atoms with van der Waals surface area (Å²) >= 11 is 0. The molecule has 0 spiro atoms. The van der Waals surface area contributed by atoms with Gasteiger partial charge in [-0.05, 0) is 84.7 Å². The number of benzene rings is 4. The first-order valence-corrected chi connectivity index (χ1v) is 14.4. The van der Waals surface area contributed by atoms with Gasteiger partial charge in [-0.25, -0.2) is 0 Å². The van der Waals surface area contributed by atoms with Gasteiger partial charge in [0.05, 0.1) is 25.7 Å². The third kappa shape index (κ3) is 5.96. The van der Waals surface area contributed by atoms with Crippen LogP contribution in [0.2, 0.25) is 0 Å². The van der Waals surface area contributed by atoms with Crippen LogP contribution >= 0.6 is 0 Å². The topological polar surface area (TPSA) is 126 Å². The average Bonchev–Trinajstić information content (AvgIpc) is 3.00. The second-order valence-corrected chi connectivity index (χ2v) is 11.3. The van der Waals surface area contributed by atoms with E-state index in [1.54, 1.807) is 48.5 Å². The highest BCUT2D eigenvalue weighted by Crippen LogP contribution is 2.53. The van der Waals surface area contributed by atoms with Gasteiger partial charge in [0, 0.05) is 11.6 Å². The van der Waals surface area contributed by atoms with Crippen molar-refractivity contribution in [2.45, 2.75) is 56.3 Å². The lowest BCUT2D eigenvalue weighted by Gasteiger charge is -2.38. The molecule has 4 aromatic carbocycles. The van der Waals surface area contributed by atoms with Gasteiger partial charge in [-0.15, -0.1) is 0 Å². The number of phenols is 4. The highest BCUT2D eigenvalue weighted by atomic mass is 16.5. The number of carbonyl (C=O) groups excluding carboxylic acids is 1. The van der Waals surface area contributed by atoms with Crippen molar-refractivity contribution >= 4 is 5.78 Å². The molecule has 43 heavy (non-hydrogen) atoms. The van der Waals surface area contributed by atoms with Crippen LogP contribution in [0.5, 0.6) is 34.5 Å². The number of aryl methyl sites for hydroxylation is 1. The van der Waals surface area contributed by atoms with E-state index in [1.165, 1.54) is 13.2 Å². The summed E-state index contributed by atoms with van der Waals surface area (Å²) in [4.78, 5) is 13.6. The Balaban J connectivity index is 1.37. The number of phenolic OH excluding ortho intramolecular Hbond substituents is 4. The van der Waals surface area contributed by atoms with E-state index in [1.807, 2.05) is 24.3 Å². The molecule has 4 atom stereocenters. The number of ether oxygens (including phenoxy) is 3. The molecule has 1 fully saturated rings. The summed E-state index contributed by atoms with van der Waals surface area (Å²) in [6, 6.07) is 22.1. The molecule has 8 heteroatoms. The number of rotatable bonds is 7. The number of carbonyl (C=O) groups is 1. The second kappa shape index (κ2) is 11.9. The number of fused-ring (bicyclic) bond motifs is 1. The summed E-state index contributed by atoms with van der Waals surface area (Å²) in [5, 5.41) is 40.8. The molecule has 0 aromatic heterocycles. The van der Waals surface area contributed by atoms with Crippen LogP contribution in [0.4, 0.5) is 0 Å². The van der Waals surface area contributed by atoms with E-state index >= 15 is 0 Å². The molecular formula is C35H34O8. The zero-order chi connectivity index (χ0) is 30.1. The fourth-order valence-corrected chi connectivity index (χ4v) is 6.24. The van der Waals surface area contributed by atoms with Gasteiger partial charge in [-0.3, -0.25) is 4.79 Å². The molecule has 222 valence electrons. The minimum atomic E-state index is -0.594. The Labute approximate surface area is 249 Å². The van der Waals surface area contributed by atoms with Crippen molar-refractivity contribution in [3.8, 4) is 34.5 Å². The minimum absolute atomic E-state index is 0.0107. The lowest BCUT2D eigenvalue weighted by atomic mass is 9.80. The van der Waals surface area contributed by atoms with Gasteiger partial charge in [0.15, 0.2) is 5.78 Å². The Morgan fingerprint density at radius 1 is 0.791 bits per heavy atom. The summed E-state index contributed by atoms with van der Waals surface area (Å²) in [6.45, 7) is 0. The second-order valence-electron chi connectivity index (χ2n) is 11.3. The van der Waals surface area contributed by atoms with Gasteiger partial charge in [-0.2, -0.15) is 0 Å². The van der Waals surface area contributed by atoms with E-state index in [0.717, 1.165) is 23.1 Å². The quantitative estimate of drug-likeness (QED) is 0.186. The van der Waals surface area contributed by atoms with Gasteiger partial charge in [-0.1, -0.05) is 36.4 Å². The lowest BCUT2D eigenvalue weighted by molar-refractivity contribution is -0.0634. The van der Waals surface area contributed by atoms with Crippen molar-refractivity contribution in [3.05, 3.63) is 107 Å². The molecule has 4 N–H and O–H groups in total. The largest absolute Gasteiger partial charge is 0.508 e. The Hall–Kier alpha value is -4.69. The van der Waals surface area contributed by atoms with E-state index in [9.17, 15) is 25.2 Å². The minimum Gasteiger partial charge on any atom is -0.508 e. The molecular weight excluding hydrogens is 548 g/mol. The van der Waals surface area contributed by atoms with Crippen LogP contribution in [0.25, 0.3) is 0 Å². The van der Waals surface area contributed by atoms with Crippen LogP contribution < -0.4 is 9.47 Å². The number of aromatic hydroxyl groups is 4. The van der Waals surface area contributed by atoms with E-state index in [4.69, 9.17) is 14.2 Å². The third-order valence-corrected chi connectivity index (χ3v) is 8.42. The number of hydrogen-bond acceptors (Lipinski definition) is 8. The molecule has 1 saturated heterocycles. The fourth-order valence-electron chi connectivity index (χ4n) is 6.24. The molecule has 2 aliphatic heterocycles. The monoisotopic (exact) mass is 582 g/mol. The van der Waals surface area contributed by atoms with Crippen molar-refractivity contribution < 1.29 is 39.4 Å². The number of methoxy groups -OCH3 is 1. The van der Waals surface area contributed by atoms with E-state index in [0.29, 0.717) is 36.1 Å². The van der Waals surface area contributed by atoms with Crippen molar-refractivity contribution in [3.63, 3.8) is 0 Å². The maximum atomic E-state index is 13.6. The van der Waals surface area contributed by atoms with Gasteiger partial charge in [0.1, 0.15) is 46.2 Å². The Morgan fingerprint density at radius 3 is 1.98 bits per heavy atom. The molecule has 0 unspecified atom stereocenters. The van der Waals surface area contributed by atoms with Crippen LogP contribution in [0, 0.1) is 0 Å². The predicted octanol–water partition coefficient (Wildman–Crippen LogP) is 6.86. The van der Waals surface area contributed by atoms with Crippen molar-refractivity contribution in [1.29, 1.82) is 0 Å².